The summed E-state index contributed by atoms with van der Waals surface area (Å²) < 4.78 is 11.4. The monoisotopic (exact) mass is 332 g/mol. The molecule has 0 aromatic heterocycles. The number of ether oxygens (including phenoxy) is 2. The molecule has 0 saturated heterocycles. The molecule has 2 aromatic carbocycles. The minimum atomic E-state index is 0.624. The fourth-order valence-corrected chi connectivity index (χ4v) is 2.98. The molecule has 116 valence electrons. The highest BCUT2D eigenvalue weighted by molar-refractivity contribution is 8.23. The largest absolute Gasteiger partial charge is 0.382 e. The quantitative estimate of drug-likeness (QED) is 0.524. The number of thioether (sulfide) groups is 1. The molecule has 0 fully saturated rings. The van der Waals surface area contributed by atoms with Crippen LogP contribution in [0.25, 0.3) is 0 Å². The molecule has 0 atom stereocenters. The molecule has 0 unspecified atom stereocenters. The molecule has 0 spiro atoms. The highest BCUT2D eigenvalue weighted by Gasteiger charge is 2.02. The van der Waals surface area contributed by atoms with Crippen LogP contribution in [0.15, 0.2) is 54.6 Å². The maximum absolute atomic E-state index is 5.51. The van der Waals surface area contributed by atoms with Crippen LogP contribution >= 0.6 is 24.0 Å². The molecule has 2 nitrogen and oxygen atoms in total. The lowest BCUT2D eigenvalue weighted by Gasteiger charge is -2.06. The van der Waals surface area contributed by atoms with Gasteiger partial charge < -0.3 is 9.47 Å². The summed E-state index contributed by atoms with van der Waals surface area (Å²) in [5.74, 6) is 0.887. The summed E-state index contributed by atoms with van der Waals surface area (Å²) in [4.78, 5) is 0. The van der Waals surface area contributed by atoms with E-state index in [4.69, 9.17) is 21.7 Å². The number of rotatable bonds is 8. The van der Waals surface area contributed by atoms with Crippen molar-refractivity contribution in [2.24, 2.45) is 0 Å². The fraction of sp³-hybridized carbons (Fsp3) is 0.278. The van der Waals surface area contributed by atoms with Gasteiger partial charge in [0.2, 0.25) is 0 Å². The van der Waals surface area contributed by atoms with E-state index in [1.807, 2.05) is 18.2 Å². The highest BCUT2D eigenvalue weighted by Crippen LogP contribution is 2.19. The molecule has 2 rings (SSSR count). The Balaban J connectivity index is 1.78. The number of methoxy groups -OCH3 is 1. The lowest BCUT2D eigenvalue weighted by atomic mass is 10.2. The second kappa shape index (κ2) is 9.74. The van der Waals surface area contributed by atoms with Gasteiger partial charge in [0.05, 0.1) is 24.0 Å². The zero-order valence-electron chi connectivity index (χ0n) is 12.7. The molecule has 0 N–H and O–H groups in total. The molecule has 0 aliphatic rings. The van der Waals surface area contributed by atoms with Crippen molar-refractivity contribution in [2.75, 3.05) is 20.3 Å². The summed E-state index contributed by atoms with van der Waals surface area (Å²) in [6, 6.07) is 18.6. The van der Waals surface area contributed by atoms with Gasteiger partial charge in [0.15, 0.2) is 0 Å². The summed E-state index contributed by atoms with van der Waals surface area (Å²) in [5.41, 5.74) is 3.56. The van der Waals surface area contributed by atoms with Crippen LogP contribution in [0.1, 0.15) is 16.7 Å². The van der Waals surface area contributed by atoms with Crippen molar-refractivity contribution in [3.8, 4) is 0 Å². The molecule has 0 aliphatic carbocycles. The van der Waals surface area contributed by atoms with E-state index < -0.39 is 0 Å². The SMILES string of the molecule is COCCOCc1ccc(CSC(=S)c2ccccc2)cc1. The number of hydrogen-bond acceptors (Lipinski definition) is 4. The van der Waals surface area contributed by atoms with Crippen LogP contribution in [0.4, 0.5) is 0 Å². The van der Waals surface area contributed by atoms with E-state index in [0.717, 1.165) is 15.5 Å². The third-order valence-electron chi connectivity index (χ3n) is 3.10. The summed E-state index contributed by atoms with van der Waals surface area (Å²) >= 11 is 7.16. The normalized spacial score (nSPS) is 10.6. The van der Waals surface area contributed by atoms with Crippen LogP contribution in [0.3, 0.4) is 0 Å². The van der Waals surface area contributed by atoms with Gasteiger partial charge in [-0.2, -0.15) is 0 Å². The maximum atomic E-state index is 5.51. The van der Waals surface area contributed by atoms with Crippen molar-refractivity contribution in [1.29, 1.82) is 0 Å². The second-order valence-electron chi connectivity index (χ2n) is 4.80. The molecule has 0 radical (unpaired) electrons. The third kappa shape index (κ3) is 5.89. The smallest absolute Gasteiger partial charge is 0.0781 e. The van der Waals surface area contributed by atoms with Crippen LogP contribution < -0.4 is 0 Å². The van der Waals surface area contributed by atoms with Gasteiger partial charge in [-0.3, -0.25) is 0 Å². The first-order valence-electron chi connectivity index (χ1n) is 7.16. The molecule has 0 saturated carbocycles. The highest BCUT2D eigenvalue weighted by atomic mass is 32.2. The van der Waals surface area contributed by atoms with Crippen LogP contribution in [0.5, 0.6) is 0 Å². The van der Waals surface area contributed by atoms with Gasteiger partial charge >= 0.3 is 0 Å². The first-order chi connectivity index (χ1) is 10.8. The lowest BCUT2D eigenvalue weighted by molar-refractivity contribution is 0.0616. The van der Waals surface area contributed by atoms with Gasteiger partial charge in [0.1, 0.15) is 0 Å². The van der Waals surface area contributed by atoms with E-state index in [1.165, 1.54) is 11.1 Å². The summed E-state index contributed by atoms with van der Waals surface area (Å²) in [6.07, 6.45) is 0. The Morgan fingerprint density at radius 2 is 1.64 bits per heavy atom. The topological polar surface area (TPSA) is 18.5 Å². The second-order valence-corrected chi connectivity index (χ2v) is 6.46. The first kappa shape index (κ1) is 17.2. The zero-order valence-corrected chi connectivity index (χ0v) is 14.3. The molecule has 22 heavy (non-hydrogen) atoms. The standard InChI is InChI=1S/C18H20O2S2/c1-19-11-12-20-13-15-7-9-16(10-8-15)14-22-18(21)17-5-3-2-4-6-17/h2-10H,11-14H2,1H3. The maximum Gasteiger partial charge on any atom is 0.0781 e. The molecule has 0 aliphatic heterocycles. The molecule has 2 aromatic rings. The minimum Gasteiger partial charge on any atom is -0.382 e. The Morgan fingerprint density at radius 3 is 2.32 bits per heavy atom. The van der Waals surface area contributed by atoms with Gasteiger partial charge in [0.25, 0.3) is 0 Å². The van der Waals surface area contributed by atoms with E-state index in [1.54, 1.807) is 18.9 Å². The molecular weight excluding hydrogens is 312 g/mol. The summed E-state index contributed by atoms with van der Waals surface area (Å²) in [6.45, 7) is 1.88. The average Bonchev–Trinajstić information content (AvgIpc) is 2.58. The lowest BCUT2D eigenvalue weighted by Crippen LogP contribution is -2.01. The summed E-state index contributed by atoms with van der Waals surface area (Å²) in [7, 11) is 1.68. The minimum absolute atomic E-state index is 0.624. The Morgan fingerprint density at radius 1 is 0.955 bits per heavy atom. The van der Waals surface area contributed by atoms with Crippen molar-refractivity contribution < 1.29 is 9.47 Å². The molecule has 0 heterocycles. The van der Waals surface area contributed by atoms with Crippen LogP contribution in [-0.2, 0) is 21.8 Å². The zero-order chi connectivity index (χ0) is 15.6. The number of benzene rings is 2. The van der Waals surface area contributed by atoms with Gasteiger partial charge in [-0.05, 0) is 16.7 Å². The van der Waals surface area contributed by atoms with Crippen LogP contribution in [-0.4, -0.2) is 24.5 Å². The summed E-state index contributed by atoms with van der Waals surface area (Å²) in [5, 5.41) is 0. The molecule has 0 amide bonds. The van der Waals surface area contributed by atoms with Crippen molar-refractivity contribution in [3.63, 3.8) is 0 Å². The fourth-order valence-electron chi connectivity index (χ4n) is 1.87. The number of hydrogen-bond donors (Lipinski definition) is 0. The number of thiocarbonyl (C=S) groups is 1. The van der Waals surface area contributed by atoms with E-state index in [2.05, 4.69) is 36.4 Å². The van der Waals surface area contributed by atoms with Crippen molar-refractivity contribution in [2.45, 2.75) is 12.4 Å². The van der Waals surface area contributed by atoms with Gasteiger partial charge in [-0.15, -0.1) is 11.8 Å². The Labute approximate surface area is 141 Å². The van der Waals surface area contributed by atoms with Crippen molar-refractivity contribution in [3.05, 3.63) is 71.3 Å². The van der Waals surface area contributed by atoms with Crippen molar-refractivity contribution >= 4 is 28.2 Å². The van der Waals surface area contributed by atoms with Gasteiger partial charge in [-0.25, -0.2) is 0 Å². The third-order valence-corrected chi connectivity index (χ3v) is 4.67. The molecule has 4 heteroatoms. The average molecular weight is 332 g/mol. The van der Waals surface area contributed by atoms with E-state index >= 15 is 0 Å². The first-order valence-corrected chi connectivity index (χ1v) is 8.55. The predicted octanol–water partition coefficient (Wildman–Crippen LogP) is 4.46. The van der Waals surface area contributed by atoms with Crippen molar-refractivity contribution in [1.82, 2.24) is 0 Å². The Bertz CT molecular complexity index is 567. The Kier molecular flexibility index (Phi) is 7.60. The van der Waals surface area contributed by atoms with Crippen LogP contribution in [0.2, 0.25) is 0 Å². The predicted molar refractivity (Wildman–Crippen MR) is 97.4 cm³/mol. The molecular formula is C18H20O2S2. The Hall–Kier alpha value is -1.20. The van der Waals surface area contributed by atoms with E-state index in [9.17, 15) is 0 Å². The van der Waals surface area contributed by atoms with Gasteiger partial charge in [0, 0.05) is 12.9 Å². The van der Waals surface area contributed by atoms with E-state index in [0.29, 0.717) is 19.8 Å². The molecule has 0 bridgehead atoms. The van der Waals surface area contributed by atoms with Gasteiger partial charge in [-0.1, -0.05) is 66.8 Å². The van der Waals surface area contributed by atoms with E-state index in [-0.39, 0.29) is 0 Å². The van der Waals surface area contributed by atoms with Crippen LogP contribution in [0, 0.1) is 0 Å².